The summed E-state index contributed by atoms with van der Waals surface area (Å²) in [5.41, 5.74) is 3.69. The van der Waals surface area contributed by atoms with Crippen LogP contribution in [0, 0.1) is 12.7 Å². The number of aromatic nitrogens is 4. The summed E-state index contributed by atoms with van der Waals surface area (Å²) in [6.07, 6.45) is 1.67. The van der Waals surface area contributed by atoms with Crippen LogP contribution in [0.4, 0.5) is 4.39 Å². The van der Waals surface area contributed by atoms with Crippen LogP contribution in [0.1, 0.15) is 5.69 Å². The molecule has 0 aliphatic heterocycles. The quantitative estimate of drug-likeness (QED) is 0.563. The Morgan fingerprint density at radius 1 is 1.09 bits per heavy atom. The van der Waals surface area contributed by atoms with E-state index in [-0.39, 0.29) is 5.82 Å². The lowest BCUT2D eigenvalue weighted by Gasteiger charge is -2.05. The molecule has 0 unspecified atom stereocenters. The van der Waals surface area contributed by atoms with Crippen molar-refractivity contribution in [3.05, 3.63) is 58.8 Å². The summed E-state index contributed by atoms with van der Waals surface area (Å²) >= 11 is 1.58. The molecule has 22 heavy (non-hydrogen) atoms. The summed E-state index contributed by atoms with van der Waals surface area (Å²) in [6.45, 7) is 1.85. The maximum atomic E-state index is 14.1. The Morgan fingerprint density at radius 2 is 1.95 bits per heavy atom. The van der Waals surface area contributed by atoms with Gasteiger partial charge in [0.25, 0.3) is 0 Å². The van der Waals surface area contributed by atoms with Gasteiger partial charge in [0, 0.05) is 22.1 Å². The SMILES string of the molecule is Cc1nnc(-c2ccsc2)n2ncc(-c3ccccc3F)c12. The predicted molar refractivity (Wildman–Crippen MR) is 84.2 cm³/mol. The number of nitrogens with zero attached hydrogens (tertiary/aromatic N) is 4. The second-order valence-electron chi connectivity index (χ2n) is 4.92. The van der Waals surface area contributed by atoms with E-state index in [1.807, 2.05) is 29.8 Å². The monoisotopic (exact) mass is 310 g/mol. The van der Waals surface area contributed by atoms with Gasteiger partial charge in [0.1, 0.15) is 5.82 Å². The molecule has 0 N–H and O–H groups in total. The van der Waals surface area contributed by atoms with E-state index >= 15 is 0 Å². The lowest BCUT2D eigenvalue weighted by atomic mass is 10.1. The Bertz CT molecular complexity index is 960. The molecular formula is C16H11FN4S. The van der Waals surface area contributed by atoms with Crippen LogP contribution in [-0.4, -0.2) is 19.8 Å². The molecule has 4 nitrogen and oxygen atoms in total. The molecular weight excluding hydrogens is 299 g/mol. The summed E-state index contributed by atoms with van der Waals surface area (Å²) in [4.78, 5) is 0. The van der Waals surface area contributed by atoms with E-state index < -0.39 is 0 Å². The molecule has 4 rings (SSSR count). The number of halogens is 1. The fourth-order valence-corrected chi connectivity index (χ4v) is 3.15. The van der Waals surface area contributed by atoms with Crippen LogP contribution in [0.2, 0.25) is 0 Å². The molecule has 0 radical (unpaired) electrons. The molecule has 1 aromatic carbocycles. The van der Waals surface area contributed by atoms with Crippen LogP contribution in [0.3, 0.4) is 0 Å². The fraction of sp³-hybridized carbons (Fsp3) is 0.0625. The van der Waals surface area contributed by atoms with E-state index in [0.29, 0.717) is 11.4 Å². The van der Waals surface area contributed by atoms with E-state index in [4.69, 9.17) is 0 Å². The molecule has 0 fully saturated rings. The molecule has 0 amide bonds. The van der Waals surface area contributed by atoms with Crippen molar-refractivity contribution >= 4 is 16.9 Å². The molecule has 0 bridgehead atoms. The molecule has 3 aromatic heterocycles. The van der Waals surface area contributed by atoms with Crippen molar-refractivity contribution in [3.8, 4) is 22.5 Å². The second kappa shape index (κ2) is 4.99. The lowest BCUT2D eigenvalue weighted by molar-refractivity contribution is 0.631. The molecule has 0 atom stereocenters. The number of benzene rings is 1. The first-order chi connectivity index (χ1) is 10.8. The van der Waals surface area contributed by atoms with Crippen molar-refractivity contribution in [2.75, 3.05) is 0 Å². The Kier molecular flexibility index (Phi) is 2.97. The van der Waals surface area contributed by atoms with Gasteiger partial charge in [-0.1, -0.05) is 18.2 Å². The van der Waals surface area contributed by atoms with Crippen LogP contribution < -0.4 is 0 Å². The third-order valence-electron chi connectivity index (χ3n) is 3.55. The van der Waals surface area contributed by atoms with Gasteiger partial charge in [-0.3, -0.25) is 0 Å². The van der Waals surface area contributed by atoms with Gasteiger partial charge in [0.15, 0.2) is 5.82 Å². The highest BCUT2D eigenvalue weighted by Crippen LogP contribution is 2.30. The van der Waals surface area contributed by atoms with Crippen LogP contribution in [0.5, 0.6) is 0 Å². The highest BCUT2D eigenvalue weighted by molar-refractivity contribution is 7.08. The first-order valence-corrected chi connectivity index (χ1v) is 7.68. The number of hydrogen-bond donors (Lipinski definition) is 0. The summed E-state index contributed by atoms with van der Waals surface area (Å²) in [6, 6.07) is 8.65. The third-order valence-corrected chi connectivity index (χ3v) is 4.23. The van der Waals surface area contributed by atoms with Gasteiger partial charge in [0.05, 0.1) is 17.4 Å². The zero-order valence-corrected chi connectivity index (χ0v) is 12.5. The minimum absolute atomic E-state index is 0.273. The van der Waals surface area contributed by atoms with E-state index in [1.165, 1.54) is 6.07 Å². The summed E-state index contributed by atoms with van der Waals surface area (Å²) < 4.78 is 15.8. The summed E-state index contributed by atoms with van der Waals surface area (Å²) in [5.74, 6) is 0.384. The van der Waals surface area contributed by atoms with E-state index in [9.17, 15) is 4.39 Å². The van der Waals surface area contributed by atoms with E-state index in [0.717, 1.165) is 22.3 Å². The molecule has 108 valence electrons. The average Bonchev–Trinajstić information content (AvgIpc) is 3.18. The standard InChI is InChI=1S/C16H11FN4S/c1-10-15-13(12-4-2-3-5-14(12)17)8-18-21(15)16(20-19-10)11-6-7-22-9-11/h2-9H,1H3. The minimum Gasteiger partial charge on any atom is -0.210 e. The van der Waals surface area contributed by atoms with Crippen LogP contribution >= 0.6 is 11.3 Å². The van der Waals surface area contributed by atoms with Gasteiger partial charge in [-0.05, 0) is 24.4 Å². The highest BCUT2D eigenvalue weighted by atomic mass is 32.1. The van der Waals surface area contributed by atoms with E-state index in [2.05, 4.69) is 15.3 Å². The van der Waals surface area contributed by atoms with Crippen molar-refractivity contribution in [2.45, 2.75) is 6.92 Å². The van der Waals surface area contributed by atoms with Crippen molar-refractivity contribution in [2.24, 2.45) is 0 Å². The minimum atomic E-state index is -0.273. The Morgan fingerprint density at radius 3 is 2.73 bits per heavy atom. The molecule has 0 aliphatic rings. The van der Waals surface area contributed by atoms with Gasteiger partial charge in [-0.15, -0.1) is 5.10 Å². The molecule has 0 saturated carbocycles. The van der Waals surface area contributed by atoms with Gasteiger partial charge >= 0.3 is 0 Å². The molecule has 0 saturated heterocycles. The average molecular weight is 310 g/mol. The van der Waals surface area contributed by atoms with Crippen molar-refractivity contribution in [1.82, 2.24) is 19.8 Å². The number of fused-ring (bicyclic) bond motifs is 1. The Hall–Kier alpha value is -2.60. The first kappa shape index (κ1) is 13.1. The second-order valence-corrected chi connectivity index (χ2v) is 5.70. The predicted octanol–water partition coefficient (Wildman–Crippen LogP) is 3.97. The van der Waals surface area contributed by atoms with Crippen molar-refractivity contribution < 1.29 is 4.39 Å². The van der Waals surface area contributed by atoms with Crippen LogP contribution in [0.25, 0.3) is 28.0 Å². The van der Waals surface area contributed by atoms with Crippen molar-refractivity contribution in [3.63, 3.8) is 0 Å². The zero-order valence-electron chi connectivity index (χ0n) is 11.7. The zero-order chi connectivity index (χ0) is 15.1. The topological polar surface area (TPSA) is 43.1 Å². The van der Waals surface area contributed by atoms with Gasteiger partial charge in [0.2, 0.25) is 0 Å². The Balaban J connectivity index is 2.04. The molecule has 0 aliphatic carbocycles. The van der Waals surface area contributed by atoms with Crippen LogP contribution in [-0.2, 0) is 0 Å². The van der Waals surface area contributed by atoms with Gasteiger partial charge in [-0.25, -0.2) is 8.91 Å². The summed E-state index contributed by atoms with van der Waals surface area (Å²) in [5, 5.41) is 16.8. The largest absolute Gasteiger partial charge is 0.210 e. The third kappa shape index (κ3) is 1.92. The molecule has 3 heterocycles. The van der Waals surface area contributed by atoms with Crippen molar-refractivity contribution in [1.29, 1.82) is 0 Å². The number of thiophene rings is 1. The normalized spacial score (nSPS) is 11.2. The highest BCUT2D eigenvalue weighted by Gasteiger charge is 2.17. The van der Waals surface area contributed by atoms with E-state index in [1.54, 1.807) is 34.2 Å². The van der Waals surface area contributed by atoms with Crippen LogP contribution in [0.15, 0.2) is 47.3 Å². The smallest absolute Gasteiger partial charge is 0.184 e. The Labute approximate surface area is 129 Å². The molecule has 4 aromatic rings. The molecule has 0 spiro atoms. The molecule has 6 heteroatoms. The lowest BCUT2D eigenvalue weighted by Crippen LogP contribution is -2.02. The van der Waals surface area contributed by atoms with Gasteiger partial charge < -0.3 is 0 Å². The summed E-state index contributed by atoms with van der Waals surface area (Å²) in [7, 11) is 0. The number of hydrogen-bond acceptors (Lipinski definition) is 4. The fourth-order valence-electron chi connectivity index (χ4n) is 2.52. The number of rotatable bonds is 2. The maximum absolute atomic E-state index is 14.1. The maximum Gasteiger partial charge on any atom is 0.184 e. The first-order valence-electron chi connectivity index (χ1n) is 6.74. The number of aryl methyl sites for hydroxylation is 1. The van der Waals surface area contributed by atoms with Gasteiger partial charge in [-0.2, -0.15) is 21.5 Å².